The molecule has 1 aromatic rings. The molecule has 0 spiro atoms. The van der Waals surface area contributed by atoms with Gasteiger partial charge in [0.05, 0.1) is 11.8 Å². The van der Waals surface area contributed by atoms with Gasteiger partial charge in [-0.2, -0.15) is 0 Å². The van der Waals surface area contributed by atoms with Crippen molar-refractivity contribution in [3.05, 3.63) is 34.4 Å². The van der Waals surface area contributed by atoms with Crippen molar-refractivity contribution in [3.63, 3.8) is 0 Å². The van der Waals surface area contributed by atoms with E-state index >= 15 is 0 Å². The standard InChI is InChI=1S/C16H26N2O3S/c1-11-9-12(2)14(13(3)10-11)5-7-18-16(19)15(17)6-8-22(4,20)21/h9-10,15H,5-8,17H2,1-4H3,(H,18,19). The lowest BCUT2D eigenvalue weighted by Crippen LogP contribution is -2.42. The van der Waals surface area contributed by atoms with Crippen LogP contribution in [-0.4, -0.2) is 38.9 Å². The van der Waals surface area contributed by atoms with Gasteiger partial charge in [0.25, 0.3) is 0 Å². The molecule has 0 aromatic heterocycles. The van der Waals surface area contributed by atoms with Crippen LogP contribution in [0.25, 0.3) is 0 Å². The fourth-order valence-corrected chi connectivity index (χ4v) is 3.20. The Hall–Kier alpha value is -1.40. The fraction of sp³-hybridized carbons (Fsp3) is 0.562. The number of hydrogen-bond donors (Lipinski definition) is 2. The first-order valence-corrected chi connectivity index (χ1v) is 9.44. The fourth-order valence-electron chi connectivity index (χ4n) is 2.52. The van der Waals surface area contributed by atoms with Gasteiger partial charge in [0, 0.05) is 12.8 Å². The molecule has 0 heterocycles. The van der Waals surface area contributed by atoms with Crippen LogP contribution in [0.2, 0.25) is 0 Å². The van der Waals surface area contributed by atoms with Crippen molar-refractivity contribution in [2.24, 2.45) is 5.73 Å². The number of nitrogens with two attached hydrogens (primary N) is 1. The number of hydrogen-bond acceptors (Lipinski definition) is 4. The summed E-state index contributed by atoms with van der Waals surface area (Å²) in [7, 11) is -3.09. The molecule has 0 fully saturated rings. The molecule has 22 heavy (non-hydrogen) atoms. The molecule has 1 atom stereocenters. The maximum atomic E-state index is 11.8. The normalized spacial score (nSPS) is 13.0. The number of rotatable bonds is 7. The highest BCUT2D eigenvalue weighted by Gasteiger charge is 2.15. The summed E-state index contributed by atoms with van der Waals surface area (Å²) in [4.78, 5) is 11.8. The maximum Gasteiger partial charge on any atom is 0.236 e. The lowest BCUT2D eigenvalue weighted by molar-refractivity contribution is -0.122. The van der Waals surface area contributed by atoms with Crippen molar-refractivity contribution in [2.45, 2.75) is 39.7 Å². The van der Waals surface area contributed by atoms with Crippen molar-refractivity contribution in [3.8, 4) is 0 Å². The molecule has 3 N–H and O–H groups in total. The minimum atomic E-state index is -3.09. The Morgan fingerprint density at radius 3 is 2.27 bits per heavy atom. The molecular formula is C16H26N2O3S. The van der Waals surface area contributed by atoms with Crippen molar-refractivity contribution >= 4 is 15.7 Å². The van der Waals surface area contributed by atoms with Gasteiger partial charge < -0.3 is 11.1 Å². The van der Waals surface area contributed by atoms with Crippen LogP contribution < -0.4 is 11.1 Å². The summed E-state index contributed by atoms with van der Waals surface area (Å²) in [5.41, 5.74) is 10.6. The van der Waals surface area contributed by atoms with E-state index in [-0.39, 0.29) is 18.1 Å². The van der Waals surface area contributed by atoms with Crippen LogP contribution in [0.3, 0.4) is 0 Å². The maximum absolute atomic E-state index is 11.8. The first kappa shape index (κ1) is 18.6. The van der Waals surface area contributed by atoms with Gasteiger partial charge in [-0.05, 0) is 50.3 Å². The summed E-state index contributed by atoms with van der Waals surface area (Å²) in [6, 6.07) is 3.47. The van der Waals surface area contributed by atoms with Gasteiger partial charge in [-0.25, -0.2) is 8.42 Å². The number of carbonyl (C=O) groups excluding carboxylic acids is 1. The van der Waals surface area contributed by atoms with Gasteiger partial charge in [0.1, 0.15) is 9.84 Å². The highest BCUT2D eigenvalue weighted by molar-refractivity contribution is 7.90. The quantitative estimate of drug-likeness (QED) is 0.783. The smallest absolute Gasteiger partial charge is 0.236 e. The zero-order chi connectivity index (χ0) is 16.9. The zero-order valence-electron chi connectivity index (χ0n) is 13.8. The molecule has 0 aliphatic carbocycles. The van der Waals surface area contributed by atoms with E-state index in [9.17, 15) is 13.2 Å². The molecule has 0 bridgehead atoms. The number of nitrogens with one attached hydrogen (secondary N) is 1. The molecule has 1 unspecified atom stereocenters. The minimum Gasteiger partial charge on any atom is -0.354 e. The number of carbonyl (C=O) groups is 1. The average molecular weight is 326 g/mol. The zero-order valence-corrected chi connectivity index (χ0v) is 14.6. The third kappa shape index (κ3) is 6.15. The summed E-state index contributed by atoms with van der Waals surface area (Å²) in [6.45, 7) is 6.69. The van der Waals surface area contributed by atoms with Gasteiger partial charge in [0.15, 0.2) is 0 Å². The summed E-state index contributed by atoms with van der Waals surface area (Å²) in [5.74, 6) is -0.372. The van der Waals surface area contributed by atoms with Crippen LogP contribution >= 0.6 is 0 Å². The lowest BCUT2D eigenvalue weighted by atomic mass is 9.97. The highest BCUT2D eigenvalue weighted by Crippen LogP contribution is 2.16. The van der Waals surface area contributed by atoms with E-state index in [0.29, 0.717) is 6.54 Å². The number of sulfone groups is 1. The van der Waals surface area contributed by atoms with E-state index in [0.717, 1.165) is 12.7 Å². The van der Waals surface area contributed by atoms with Crippen molar-refractivity contribution < 1.29 is 13.2 Å². The highest BCUT2D eigenvalue weighted by atomic mass is 32.2. The van der Waals surface area contributed by atoms with Crippen LogP contribution in [0.1, 0.15) is 28.7 Å². The van der Waals surface area contributed by atoms with Crippen LogP contribution in [0.4, 0.5) is 0 Å². The molecular weight excluding hydrogens is 300 g/mol. The van der Waals surface area contributed by atoms with Crippen molar-refractivity contribution in [1.29, 1.82) is 0 Å². The molecule has 6 heteroatoms. The Bertz CT molecular complexity index is 616. The second kappa shape index (κ2) is 7.74. The Labute approximate surface area is 133 Å². The molecule has 0 aliphatic rings. The molecule has 0 radical (unpaired) electrons. The summed E-state index contributed by atoms with van der Waals surface area (Å²) >= 11 is 0. The first-order chi connectivity index (χ1) is 10.1. The molecule has 0 saturated heterocycles. The predicted octanol–water partition coefficient (Wildman–Crippen LogP) is 1.03. The van der Waals surface area contributed by atoms with Crippen LogP contribution in [0.5, 0.6) is 0 Å². The molecule has 1 rings (SSSR count). The van der Waals surface area contributed by atoms with Crippen LogP contribution in [0, 0.1) is 20.8 Å². The van der Waals surface area contributed by atoms with Crippen molar-refractivity contribution in [1.82, 2.24) is 5.32 Å². The number of amides is 1. The van der Waals surface area contributed by atoms with Crippen LogP contribution in [0.15, 0.2) is 12.1 Å². The Morgan fingerprint density at radius 1 is 1.23 bits per heavy atom. The number of aryl methyl sites for hydroxylation is 3. The van der Waals surface area contributed by atoms with Gasteiger partial charge in [-0.1, -0.05) is 17.7 Å². The molecule has 0 aliphatic heterocycles. The summed E-state index contributed by atoms with van der Waals surface area (Å²) in [5, 5.41) is 2.78. The summed E-state index contributed by atoms with van der Waals surface area (Å²) < 4.78 is 22.1. The third-order valence-electron chi connectivity index (χ3n) is 3.65. The molecule has 124 valence electrons. The molecule has 5 nitrogen and oxygen atoms in total. The monoisotopic (exact) mass is 326 g/mol. The SMILES string of the molecule is Cc1cc(C)c(CCNC(=O)C(N)CCS(C)(=O)=O)c(C)c1. The third-order valence-corrected chi connectivity index (χ3v) is 4.63. The predicted molar refractivity (Wildman–Crippen MR) is 89.7 cm³/mol. The number of benzene rings is 1. The second-order valence-electron chi connectivity index (χ2n) is 5.94. The van der Waals surface area contributed by atoms with Gasteiger partial charge in [-0.15, -0.1) is 0 Å². The van der Waals surface area contributed by atoms with Crippen molar-refractivity contribution in [2.75, 3.05) is 18.6 Å². The molecule has 1 amide bonds. The Kier molecular flexibility index (Phi) is 6.56. The molecule has 0 saturated carbocycles. The van der Waals surface area contributed by atoms with Gasteiger partial charge in [0.2, 0.25) is 5.91 Å². The van der Waals surface area contributed by atoms with Gasteiger partial charge in [-0.3, -0.25) is 4.79 Å². The Balaban J connectivity index is 2.49. The molecule has 1 aromatic carbocycles. The van der Waals surface area contributed by atoms with E-state index in [1.54, 1.807) is 0 Å². The second-order valence-corrected chi connectivity index (χ2v) is 8.20. The lowest BCUT2D eigenvalue weighted by Gasteiger charge is -2.14. The first-order valence-electron chi connectivity index (χ1n) is 7.38. The van der Waals surface area contributed by atoms with E-state index in [1.165, 1.54) is 22.3 Å². The Morgan fingerprint density at radius 2 is 1.77 bits per heavy atom. The average Bonchev–Trinajstić information content (AvgIpc) is 2.37. The van der Waals surface area contributed by atoms with Crippen LogP contribution in [-0.2, 0) is 21.1 Å². The summed E-state index contributed by atoms with van der Waals surface area (Å²) in [6.07, 6.45) is 2.02. The minimum absolute atomic E-state index is 0.0717. The largest absolute Gasteiger partial charge is 0.354 e. The van der Waals surface area contributed by atoms with E-state index in [1.807, 2.05) is 0 Å². The van der Waals surface area contributed by atoms with E-state index in [2.05, 4.69) is 38.2 Å². The van der Waals surface area contributed by atoms with Gasteiger partial charge >= 0.3 is 0 Å². The topological polar surface area (TPSA) is 89.3 Å². The van der Waals surface area contributed by atoms with E-state index in [4.69, 9.17) is 5.73 Å². The van der Waals surface area contributed by atoms with E-state index < -0.39 is 15.9 Å².